The van der Waals surface area contributed by atoms with Crippen LogP contribution in [0, 0.1) is 24.2 Å². The molecule has 1 aromatic heterocycles. The number of carbonyl (C=O) groups is 2. The fraction of sp³-hybridized carbons (Fsp3) is 0.280. The number of rotatable bonds is 9. The molecule has 0 saturated carbocycles. The van der Waals surface area contributed by atoms with Gasteiger partial charge in [0.05, 0.1) is 5.69 Å². The molecule has 0 spiro atoms. The molecule has 7 nitrogen and oxygen atoms in total. The maximum absolute atomic E-state index is 13.2. The molecule has 0 aliphatic carbocycles. The number of nitrogens with zero attached hydrogens (tertiary/aromatic N) is 3. The molecule has 1 amide bonds. The number of aromatic nitrogens is 2. The van der Waals surface area contributed by atoms with E-state index in [0.29, 0.717) is 41.6 Å². The summed E-state index contributed by atoms with van der Waals surface area (Å²) in [7, 11) is 0. The average molecular weight is 464 g/mol. The molecule has 2 aromatic carbocycles. The highest BCUT2D eigenvalue weighted by atomic mass is 35.5. The monoisotopic (exact) mass is 463 g/mol. The van der Waals surface area contributed by atoms with Gasteiger partial charge >= 0.3 is 0 Å². The van der Waals surface area contributed by atoms with Crippen LogP contribution in [0.15, 0.2) is 48.5 Å². The Morgan fingerprint density at radius 2 is 1.76 bits per heavy atom. The van der Waals surface area contributed by atoms with Gasteiger partial charge in [-0.2, -0.15) is 10.4 Å². The Hall–Kier alpha value is -3.63. The molecule has 170 valence electrons. The lowest BCUT2D eigenvalue weighted by molar-refractivity contribution is -0.123. The van der Waals surface area contributed by atoms with Gasteiger partial charge in [0.15, 0.2) is 5.69 Å². The van der Waals surface area contributed by atoms with Crippen LogP contribution in [0.25, 0.3) is 5.69 Å². The number of nitrogens with one attached hydrogen (secondary N) is 2. The minimum absolute atomic E-state index is 0.00935. The first kappa shape index (κ1) is 24.0. The number of anilines is 1. The van der Waals surface area contributed by atoms with E-state index in [0.717, 1.165) is 5.56 Å². The van der Waals surface area contributed by atoms with Gasteiger partial charge in [0, 0.05) is 29.6 Å². The summed E-state index contributed by atoms with van der Waals surface area (Å²) in [5, 5.41) is 21.1. The van der Waals surface area contributed by atoms with Crippen molar-refractivity contribution in [3.8, 4) is 11.8 Å². The fourth-order valence-corrected chi connectivity index (χ4v) is 3.29. The van der Waals surface area contributed by atoms with Crippen LogP contribution in [0.1, 0.15) is 47.4 Å². The smallest absolute Gasteiger partial charge is 0.222 e. The molecular formula is C25H26ClN5O2. The van der Waals surface area contributed by atoms with E-state index in [4.69, 9.17) is 11.6 Å². The topological polar surface area (TPSA) is 99.8 Å². The molecule has 0 radical (unpaired) electrons. The fourth-order valence-electron chi connectivity index (χ4n) is 3.17. The number of hydrogen-bond donors (Lipinski definition) is 2. The zero-order valence-corrected chi connectivity index (χ0v) is 19.6. The highest BCUT2D eigenvalue weighted by Gasteiger charge is 2.25. The van der Waals surface area contributed by atoms with Gasteiger partial charge in [-0.3, -0.25) is 9.59 Å². The highest BCUT2D eigenvalue weighted by Crippen LogP contribution is 2.26. The Morgan fingerprint density at radius 3 is 2.36 bits per heavy atom. The number of amides is 1. The molecule has 2 N–H and O–H groups in total. The number of hydrogen-bond acceptors (Lipinski definition) is 5. The van der Waals surface area contributed by atoms with Gasteiger partial charge in [0.1, 0.15) is 17.5 Å². The van der Waals surface area contributed by atoms with E-state index in [2.05, 4.69) is 21.8 Å². The van der Waals surface area contributed by atoms with E-state index in [1.807, 2.05) is 32.9 Å². The van der Waals surface area contributed by atoms with Crippen molar-refractivity contribution in [1.82, 2.24) is 15.1 Å². The van der Waals surface area contributed by atoms with Gasteiger partial charge in [0.25, 0.3) is 0 Å². The summed E-state index contributed by atoms with van der Waals surface area (Å²) in [6.07, 6.45) is 0.635. The van der Waals surface area contributed by atoms with Gasteiger partial charge in [0.2, 0.25) is 11.7 Å². The minimum Gasteiger partial charge on any atom is -0.369 e. The molecule has 3 rings (SSSR count). The molecule has 0 bridgehead atoms. The Bertz CT molecular complexity index is 1180. The van der Waals surface area contributed by atoms with Crippen LogP contribution in [0.3, 0.4) is 0 Å². The average Bonchev–Trinajstić information content (AvgIpc) is 3.17. The lowest BCUT2D eigenvalue weighted by atomic mass is 10.0. The molecule has 33 heavy (non-hydrogen) atoms. The maximum Gasteiger partial charge on any atom is 0.222 e. The number of nitriles is 1. The number of carbonyl (C=O) groups excluding carboxylic acids is 2. The zero-order chi connectivity index (χ0) is 24.0. The lowest BCUT2D eigenvalue weighted by Gasteiger charge is -2.11. The van der Waals surface area contributed by atoms with Crippen molar-refractivity contribution in [3.05, 3.63) is 75.9 Å². The molecule has 0 atom stereocenters. The van der Waals surface area contributed by atoms with Crippen LogP contribution < -0.4 is 10.6 Å². The normalized spacial score (nSPS) is 10.7. The van der Waals surface area contributed by atoms with Gasteiger partial charge < -0.3 is 10.6 Å². The van der Waals surface area contributed by atoms with Crippen LogP contribution in [0.2, 0.25) is 5.02 Å². The van der Waals surface area contributed by atoms with Gasteiger partial charge in [-0.25, -0.2) is 4.68 Å². The second-order valence-electron chi connectivity index (χ2n) is 7.99. The first-order valence-electron chi connectivity index (χ1n) is 10.7. The minimum atomic E-state index is -0.327. The van der Waals surface area contributed by atoms with Crippen LogP contribution in [0.5, 0.6) is 0 Å². The van der Waals surface area contributed by atoms with Crippen molar-refractivity contribution in [1.29, 1.82) is 5.26 Å². The molecule has 0 fully saturated rings. The van der Waals surface area contributed by atoms with Crippen LogP contribution in [-0.4, -0.2) is 34.6 Å². The first-order chi connectivity index (χ1) is 15.8. The van der Waals surface area contributed by atoms with Crippen molar-refractivity contribution in [2.24, 2.45) is 5.92 Å². The lowest BCUT2D eigenvalue weighted by Crippen LogP contribution is -2.29. The second kappa shape index (κ2) is 10.8. The van der Waals surface area contributed by atoms with E-state index in [9.17, 15) is 14.9 Å². The molecule has 8 heteroatoms. The molecular weight excluding hydrogens is 438 g/mol. The maximum atomic E-state index is 13.2. The molecule has 1 heterocycles. The molecule has 0 aliphatic rings. The molecule has 0 aliphatic heterocycles. The molecule has 0 unspecified atom stereocenters. The summed E-state index contributed by atoms with van der Waals surface area (Å²) in [5.41, 5.74) is 2.40. The number of ketones is 1. The predicted molar refractivity (Wildman–Crippen MR) is 129 cm³/mol. The van der Waals surface area contributed by atoms with Gasteiger partial charge in [-0.05, 0) is 37.6 Å². The van der Waals surface area contributed by atoms with Crippen LogP contribution in [0.4, 0.5) is 5.82 Å². The summed E-state index contributed by atoms with van der Waals surface area (Å²) in [6, 6.07) is 16.3. The highest BCUT2D eigenvalue weighted by molar-refractivity contribution is 6.30. The van der Waals surface area contributed by atoms with E-state index < -0.39 is 0 Å². The Kier molecular flexibility index (Phi) is 7.86. The Balaban J connectivity index is 1.91. The van der Waals surface area contributed by atoms with Crippen molar-refractivity contribution in [2.45, 2.75) is 27.2 Å². The van der Waals surface area contributed by atoms with Crippen LogP contribution >= 0.6 is 11.6 Å². The largest absolute Gasteiger partial charge is 0.369 e. The third-order valence-corrected chi connectivity index (χ3v) is 5.32. The van der Waals surface area contributed by atoms with Crippen molar-refractivity contribution >= 4 is 29.1 Å². The summed E-state index contributed by atoms with van der Waals surface area (Å²) in [6.45, 7) is 6.59. The van der Waals surface area contributed by atoms with E-state index in [-0.39, 0.29) is 28.9 Å². The summed E-state index contributed by atoms with van der Waals surface area (Å²) in [5.74, 6) is 0.00622. The number of halogens is 1. The van der Waals surface area contributed by atoms with Gasteiger partial charge in [-0.1, -0.05) is 55.3 Å². The number of aryl methyl sites for hydroxylation is 1. The van der Waals surface area contributed by atoms with Crippen molar-refractivity contribution in [3.63, 3.8) is 0 Å². The van der Waals surface area contributed by atoms with E-state index >= 15 is 0 Å². The standard InChI is InChI=1S/C25H26ClN5O2/c1-16(2)25(33)29-14-4-13-28-24-21(15-27)22(23(32)18-7-5-17(3)6-8-18)30-31(24)20-11-9-19(26)10-12-20/h5-12,16,28H,4,13-14H2,1-3H3,(H,29,33). The third-order valence-electron chi connectivity index (χ3n) is 5.07. The van der Waals surface area contributed by atoms with E-state index in [1.54, 1.807) is 41.1 Å². The third kappa shape index (κ3) is 5.79. The first-order valence-corrected chi connectivity index (χ1v) is 11.1. The van der Waals surface area contributed by atoms with Crippen molar-refractivity contribution < 1.29 is 9.59 Å². The summed E-state index contributed by atoms with van der Waals surface area (Å²) in [4.78, 5) is 24.9. The summed E-state index contributed by atoms with van der Waals surface area (Å²) >= 11 is 6.03. The SMILES string of the molecule is Cc1ccc(C(=O)c2nn(-c3ccc(Cl)cc3)c(NCCCNC(=O)C(C)C)c2C#N)cc1. The molecule has 3 aromatic rings. The second-order valence-corrected chi connectivity index (χ2v) is 8.43. The zero-order valence-electron chi connectivity index (χ0n) is 18.9. The number of benzene rings is 2. The predicted octanol–water partition coefficient (Wildman–Crippen LogP) is 4.51. The molecule has 0 saturated heterocycles. The van der Waals surface area contributed by atoms with Crippen molar-refractivity contribution in [2.75, 3.05) is 18.4 Å². The van der Waals surface area contributed by atoms with E-state index in [1.165, 1.54) is 0 Å². The Morgan fingerprint density at radius 1 is 1.09 bits per heavy atom. The Labute approximate surface area is 198 Å². The van der Waals surface area contributed by atoms with Gasteiger partial charge in [-0.15, -0.1) is 0 Å². The summed E-state index contributed by atoms with van der Waals surface area (Å²) < 4.78 is 1.54. The van der Waals surface area contributed by atoms with Crippen LogP contribution in [-0.2, 0) is 4.79 Å². The quantitative estimate of drug-likeness (QED) is 0.359.